The van der Waals surface area contributed by atoms with Gasteiger partial charge in [-0.25, -0.2) is 4.98 Å². The molecule has 1 aromatic heterocycles. The van der Waals surface area contributed by atoms with Crippen LogP contribution in [0.3, 0.4) is 0 Å². The standard InChI is InChI=1S/C23H23N3O3S/c1-15(16-7-8-19(28-2)24-13-16)20-21(27)25-22(30-20)26-11-9-23(10-12-26)18-6-4-3-5-17(18)14-29-23/h3-8,13H,9-12,14H2,1-2H3/b20-15-. The zero-order chi connectivity index (χ0) is 20.7. The minimum absolute atomic E-state index is 0.175. The average molecular weight is 422 g/mol. The molecule has 4 heterocycles. The van der Waals surface area contributed by atoms with Gasteiger partial charge in [-0.1, -0.05) is 24.3 Å². The number of aromatic nitrogens is 1. The summed E-state index contributed by atoms with van der Waals surface area (Å²) in [7, 11) is 1.59. The topological polar surface area (TPSA) is 64.0 Å². The number of ether oxygens (including phenoxy) is 2. The van der Waals surface area contributed by atoms with Gasteiger partial charge < -0.3 is 14.4 Å². The number of carbonyl (C=O) groups is 1. The van der Waals surface area contributed by atoms with E-state index in [-0.39, 0.29) is 11.5 Å². The van der Waals surface area contributed by atoms with Crippen molar-refractivity contribution in [3.8, 4) is 5.88 Å². The van der Waals surface area contributed by atoms with Crippen LogP contribution in [0.2, 0.25) is 0 Å². The number of fused-ring (bicyclic) bond motifs is 2. The fourth-order valence-electron chi connectivity index (χ4n) is 4.38. The number of benzene rings is 1. The van der Waals surface area contributed by atoms with Crippen molar-refractivity contribution >= 4 is 28.4 Å². The van der Waals surface area contributed by atoms with Gasteiger partial charge in [0, 0.05) is 25.4 Å². The quantitative estimate of drug-likeness (QED) is 0.684. The Balaban J connectivity index is 1.30. The normalized spacial score (nSPS) is 21.6. The number of allylic oxidation sites excluding steroid dienone is 1. The van der Waals surface area contributed by atoms with Gasteiger partial charge in [0.25, 0.3) is 5.91 Å². The number of amides is 1. The number of aliphatic imine (C=N–C) groups is 1. The average Bonchev–Trinajstić information content (AvgIpc) is 3.35. The van der Waals surface area contributed by atoms with E-state index in [4.69, 9.17) is 9.47 Å². The van der Waals surface area contributed by atoms with Gasteiger partial charge in [0.05, 0.1) is 24.2 Å². The molecule has 0 N–H and O–H groups in total. The molecule has 154 valence electrons. The molecular weight excluding hydrogens is 398 g/mol. The van der Waals surface area contributed by atoms with Crippen molar-refractivity contribution in [1.29, 1.82) is 0 Å². The minimum atomic E-state index is -0.190. The molecule has 7 heteroatoms. The van der Waals surface area contributed by atoms with Crippen molar-refractivity contribution in [3.63, 3.8) is 0 Å². The smallest absolute Gasteiger partial charge is 0.286 e. The van der Waals surface area contributed by atoms with Gasteiger partial charge in [-0.05, 0) is 59.9 Å². The summed E-state index contributed by atoms with van der Waals surface area (Å²) in [4.78, 5) is 24.1. The number of hydrogen-bond acceptors (Lipinski definition) is 6. The molecule has 0 aliphatic carbocycles. The molecule has 0 unspecified atom stereocenters. The van der Waals surface area contributed by atoms with E-state index in [0.29, 0.717) is 17.4 Å². The second-order valence-electron chi connectivity index (χ2n) is 7.77. The highest BCUT2D eigenvalue weighted by atomic mass is 32.2. The fraction of sp³-hybridized carbons (Fsp3) is 0.348. The maximum Gasteiger partial charge on any atom is 0.286 e. The number of rotatable bonds is 2. The van der Waals surface area contributed by atoms with Gasteiger partial charge in [-0.15, -0.1) is 0 Å². The molecule has 6 nitrogen and oxygen atoms in total. The number of piperidine rings is 1. The number of thioether (sulfide) groups is 1. The van der Waals surface area contributed by atoms with Crippen LogP contribution in [-0.2, 0) is 21.7 Å². The summed E-state index contributed by atoms with van der Waals surface area (Å²) < 4.78 is 11.4. The van der Waals surface area contributed by atoms with Gasteiger partial charge in [0.1, 0.15) is 0 Å². The van der Waals surface area contributed by atoms with Crippen LogP contribution in [0, 0.1) is 0 Å². The van der Waals surface area contributed by atoms with E-state index >= 15 is 0 Å². The molecule has 5 rings (SSSR count). The molecule has 2 aromatic rings. The van der Waals surface area contributed by atoms with E-state index < -0.39 is 0 Å². The molecule has 3 aliphatic heterocycles. The lowest BCUT2D eigenvalue weighted by molar-refractivity contribution is -0.113. The van der Waals surface area contributed by atoms with Gasteiger partial charge in [-0.3, -0.25) is 4.79 Å². The molecule has 1 fully saturated rings. The third-order valence-electron chi connectivity index (χ3n) is 6.16. The number of nitrogens with zero attached hydrogens (tertiary/aromatic N) is 3. The molecule has 1 amide bonds. The largest absolute Gasteiger partial charge is 0.481 e. The summed E-state index contributed by atoms with van der Waals surface area (Å²) in [6.07, 6.45) is 3.53. The Morgan fingerprint density at radius 1 is 1.20 bits per heavy atom. The van der Waals surface area contributed by atoms with E-state index in [1.807, 2.05) is 13.0 Å². The number of carbonyl (C=O) groups excluding carboxylic acids is 1. The predicted molar refractivity (Wildman–Crippen MR) is 117 cm³/mol. The predicted octanol–water partition coefficient (Wildman–Crippen LogP) is 3.97. The number of methoxy groups -OCH3 is 1. The second-order valence-corrected chi connectivity index (χ2v) is 8.75. The first-order valence-electron chi connectivity index (χ1n) is 10.1. The van der Waals surface area contributed by atoms with E-state index in [1.165, 1.54) is 22.9 Å². The van der Waals surface area contributed by atoms with E-state index in [9.17, 15) is 4.79 Å². The highest BCUT2D eigenvalue weighted by Gasteiger charge is 2.43. The Hall–Kier alpha value is -2.64. The van der Waals surface area contributed by atoms with Crippen molar-refractivity contribution in [2.75, 3.05) is 20.2 Å². The maximum atomic E-state index is 12.6. The van der Waals surface area contributed by atoms with Crippen molar-refractivity contribution in [2.24, 2.45) is 4.99 Å². The number of pyridine rings is 1. The first kappa shape index (κ1) is 19.3. The summed E-state index contributed by atoms with van der Waals surface area (Å²) >= 11 is 1.46. The van der Waals surface area contributed by atoms with Crippen molar-refractivity contribution < 1.29 is 14.3 Å². The molecule has 0 atom stereocenters. The minimum Gasteiger partial charge on any atom is -0.481 e. The van der Waals surface area contributed by atoms with E-state index in [0.717, 1.165) is 42.2 Å². The molecule has 0 bridgehead atoms. The fourth-order valence-corrected chi connectivity index (χ4v) is 5.41. The van der Waals surface area contributed by atoms with Crippen LogP contribution in [0.25, 0.3) is 5.57 Å². The second kappa shape index (κ2) is 7.56. The SMILES string of the molecule is COc1ccc(/C(C)=C2\SC(N3CCC4(CC3)OCc3ccccc34)=NC2=O)cn1. The van der Waals surface area contributed by atoms with Crippen LogP contribution in [0.15, 0.2) is 52.5 Å². The highest BCUT2D eigenvalue weighted by Crippen LogP contribution is 2.45. The number of amidine groups is 1. The van der Waals surface area contributed by atoms with Crippen LogP contribution in [0.4, 0.5) is 0 Å². The van der Waals surface area contributed by atoms with Gasteiger partial charge in [-0.2, -0.15) is 4.99 Å². The van der Waals surface area contributed by atoms with Crippen LogP contribution < -0.4 is 4.74 Å². The maximum absolute atomic E-state index is 12.6. The summed E-state index contributed by atoms with van der Waals surface area (Å²) in [6, 6.07) is 12.2. The van der Waals surface area contributed by atoms with Crippen molar-refractivity contribution in [3.05, 3.63) is 64.2 Å². The summed E-state index contributed by atoms with van der Waals surface area (Å²) in [5.41, 5.74) is 4.22. The number of hydrogen-bond donors (Lipinski definition) is 0. The molecule has 1 saturated heterocycles. The Morgan fingerprint density at radius 2 is 2.00 bits per heavy atom. The van der Waals surface area contributed by atoms with Crippen molar-refractivity contribution in [1.82, 2.24) is 9.88 Å². The van der Waals surface area contributed by atoms with E-state index in [2.05, 4.69) is 39.1 Å². The van der Waals surface area contributed by atoms with Crippen LogP contribution in [0.1, 0.15) is 36.5 Å². The Bertz CT molecular complexity index is 1050. The van der Waals surface area contributed by atoms with Crippen LogP contribution >= 0.6 is 11.8 Å². The third kappa shape index (κ3) is 3.22. The third-order valence-corrected chi connectivity index (χ3v) is 7.37. The van der Waals surface area contributed by atoms with Crippen LogP contribution in [0.5, 0.6) is 5.88 Å². The van der Waals surface area contributed by atoms with Gasteiger partial charge >= 0.3 is 0 Å². The molecule has 0 radical (unpaired) electrons. The molecule has 3 aliphatic rings. The molecule has 30 heavy (non-hydrogen) atoms. The van der Waals surface area contributed by atoms with E-state index in [1.54, 1.807) is 19.4 Å². The summed E-state index contributed by atoms with van der Waals surface area (Å²) in [5, 5.41) is 0.789. The lowest BCUT2D eigenvalue weighted by atomic mass is 9.84. The first-order chi connectivity index (χ1) is 14.6. The monoisotopic (exact) mass is 421 g/mol. The first-order valence-corrected chi connectivity index (χ1v) is 10.9. The number of likely N-dealkylation sites (tertiary alicyclic amines) is 1. The highest BCUT2D eigenvalue weighted by molar-refractivity contribution is 8.18. The van der Waals surface area contributed by atoms with Gasteiger partial charge in [0.15, 0.2) is 5.17 Å². The Labute approximate surface area is 180 Å². The molecule has 1 spiro atoms. The lowest BCUT2D eigenvalue weighted by Gasteiger charge is -2.39. The molecule has 0 saturated carbocycles. The lowest BCUT2D eigenvalue weighted by Crippen LogP contribution is -2.44. The Morgan fingerprint density at radius 3 is 2.73 bits per heavy atom. The van der Waals surface area contributed by atoms with Gasteiger partial charge in [0.2, 0.25) is 5.88 Å². The zero-order valence-electron chi connectivity index (χ0n) is 17.1. The molecular formula is C23H23N3O3S. The van der Waals surface area contributed by atoms with Crippen LogP contribution in [-0.4, -0.2) is 41.2 Å². The summed E-state index contributed by atoms with van der Waals surface area (Å²) in [6.45, 7) is 4.27. The Kier molecular flexibility index (Phi) is 4.87. The molecule has 1 aromatic carbocycles. The van der Waals surface area contributed by atoms with Crippen molar-refractivity contribution in [2.45, 2.75) is 32.0 Å². The zero-order valence-corrected chi connectivity index (χ0v) is 17.9. The summed E-state index contributed by atoms with van der Waals surface area (Å²) in [5.74, 6) is 0.378.